The largest absolute Gasteiger partial charge is 0.376 e. The summed E-state index contributed by atoms with van der Waals surface area (Å²) in [6, 6.07) is 8.75. The second-order valence-electron chi connectivity index (χ2n) is 9.43. The first kappa shape index (κ1) is 22.9. The summed E-state index contributed by atoms with van der Waals surface area (Å²) in [5.41, 5.74) is 1.54. The third-order valence-corrected chi connectivity index (χ3v) is 6.60. The van der Waals surface area contributed by atoms with E-state index in [0.29, 0.717) is 31.3 Å². The molecule has 174 valence electrons. The summed E-state index contributed by atoms with van der Waals surface area (Å²) in [5, 5.41) is 4.06. The Kier molecular flexibility index (Phi) is 7.58. The molecule has 0 bridgehead atoms. The van der Waals surface area contributed by atoms with Gasteiger partial charge < -0.3 is 14.2 Å². The summed E-state index contributed by atoms with van der Waals surface area (Å²) in [5.74, 6) is 0.684. The maximum absolute atomic E-state index is 14.0. The third kappa shape index (κ3) is 5.75. The normalized spacial score (nSPS) is 20.2. The van der Waals surface area contributed by atoms with E-state index in [9.17, 15) is 9.18 Å². The Bertz CT molecular complexity index is 886. The Hall–Kier alpha value is -2.25. The number of likely N-dealkylation sites (tertiary alicyclic amines) is 1. The molecule has 2 aliphatic heterocycles. The van der Waals surface area contributed by atoms with Gasteiger partial charge in [0.25, 0.3) is 5.91 Å². The van der Waals surface area contributed by atoms with Crippen molar-refractivity contribution in [3.63, 3.8) is 0 Å². The zero-order valence-electron chi connectivity index (χ0n) is 19.1. The van der Waals surface area contributed by atoms with E-state index in [1.807, 2.05) is 30.9 Å². The number of aromatic nitrogens is 1. The Morgan fingerprint density at radius 2 is 2.00 bits per heavy atom. The standard InChI is InChI=1S/C25H34FN3O3/c1-18(2)23-14-24(32-27-23)25(30)29(17-21-7-5-13-31-21)15-19-9-11-28(12-10-19)16-20-6-3-4-8-22(20)26/h3-4,6,8,14,18-19,21H,5,7,9-13,15-17H2,1-2H3. The maximum atomic E-state index is 14.0. The molecule has 2 aromatic rings. The summed E-state index contributed by atoms with van der Waals surface area (Å²) in [6.45, 7) is 8.54. The Balaban J connectivity index is 1.36. The van der Waals surface area contributed by atoms with Crippen molar-refractivity contribution in [2.24, 2.45) is 5.92 Å². The number of benzene rings is 1. The molecule has 0 spiro atoms. The van der Waals surface area contributed by atoms with Gasteiger partial charge in [0, 0.05) is 37.9 Å². The molecule has 0 saturated carbocycles. The van der Waals surface area contributed by atoms with Crippen molar-refractivity contribution >= 4 is 5.91 Å². The smallest absolute Gasteiger partial charge is 0.292 e. The Labute approximate surface area is 189 Å². The maximum Gasteiger partial charge on any atom is 0.292 e. The summed E-state index contributed by atoms with van der Waals surface area (Å²) in [7, 11) is 0. The van der Waals surface area contributed by atoms with Gasteiger partial charge >= 0.3 is 0 Å². The molecule has 2 saturated heterocycles. The fourth-order valence-electron chi connectivity index (χ4n) is 4.60. The van der Waals surface area contributed by atoms with Gasteiger partial charge in [-0.1, -0.05) is 37.2 Å². The van der Waals surface area contributed by atoms with Crippen LogP contribution in [0.4, 0.5) is 4.39 Å². The molecule has 4 rings (SSSR count). The lowest BCUT2D eigenvalue weighted by Gasteiger charge is -2.35. The summed E-state index contributed by atoms with van der Waals surface area (Å²) < 4.78 is 25.2. The minimum absolute atomic E-state index is 0.0904. The molecule has 6 nitrogen and oxygen atoms in total. The number of carbonyl (C=O) groups is 1. The fourth-order valence-corrected chi connectivity index (χ4v) is 4.60. The van der Waals surface area contributed by atoms with Crippen LogP contribution >= 0.6 is 0 Å². The Morgan fingerprint density at radius 3 is 2.66 bits per heavy atom. The fraction of sp³-hybridized carbons (Fsp3) is 0.600. The van der Waals surface area contributed by atoms with Crippen LogP contribution in [0.3, 0.4) is 0 Å². The highest BCUT2D eigenvalue weighted by molar-refractivity contribution is 5.91. The highest BCUT2D eigenvalue weighted by Gasteiger charge is 2.30. The molecule has 2 aliphatic rings. The first-order valence-electron chi connectivity index (χ1n) is 11.8. The van der Waals surface area contributed by atoms with Crippen molar-refractivity contribution in [3.05, 3.63) is 53.2 Å². The zero-order valence-corrected chi connectivity index (χ0v) is 19.1. The van der Waals surface area contributed by atoms with Crippen molar-refractivity contribution < 1.29 is 18.4 Å². The van der Waals surface area contributed by atoms with Crippen molar-refractivity contribution in [1.29, 1.82) is 0 Å². The van der Waals surface area contributed by atoms with Gasteiger partial charge in [-0.15, -0.1) is 0 Å². The monoisotopic (exact) mass is 443 g/mol. The predicted molar refractivity (Wildman–Crippen MR) is 120 cm³/mol. The third-order valence-electron chi connectivity index (χ3n) is 6.60. The predicted octanol–water partition coefficient (Wildman–Crippen LogP) is 4.47. The first-order chi connectivity index (χ1) is 15.5. The average molecular weight is 444 g/mol. The van der Waals surface area contributed by atoms with E-state index in [1.165, 1.54) is 6.07 Å². The topological polar surface area (TPSA) is 58.8 Å². The minimum atomic E-state index is -0.143. The van der Waals surface area contributed by atoms with Crippen LogP contribution < -0.4 is 0 Å². The van der Waals surface area contributed by atoms with Crippen LogP contribution in [-0.4, -0.2) is 59.8 Å². The van der Waals surface area contributed by atoms with Crippen LogP contribution in [0.2, 0.25) is 0 Å². The number of nitrogens with zero attached hydrogens (tertiary/aromatic N) is 3. The minimum Gasteiger partial charge on any atom is -0.376 e. The molecule has 3 heterocycles. The van der Waals surface area contributed by atoms with Gasteiger partial charge in [0.1, 0.15) is 5.82 Å². The van der Waals surface area contributed by atoms with Crippen LogP contribution in [0.1, 0.15) is 67.3 Å². The lowest BCUT2D eigenvalue weighted by atomic mass is 9.95. The second kappa shape index (κ2) is 10.6. The molecule has 2 fully saturated rings. The first-order valence-corrected chi connectivity index (χ1v) is 11.8. The molecule has 0 radical (unpaired) electrons. The van der Waals surface area contributed by atoms with E-state index in [2.05, 4.69) is 10.1 Å². The van der Waals surface area contributed by atoms with E-state index in [4.69, 9.17) is 9.26 Å². The van der Waals surface area contributed by atoms with Crippen LogP contribution in [0.5, 0.6) is 0 Å². The van der Waals surface area contributed by atoms with Crippen LogP contribution in [0.15, 0.2) is 34.9 Å². The molecule has 1 aromatic heterocycles. The van der Waals surface area contributed by atoms with Crippen molar-refractivity contribution in [1.82, 2.24) is 15.0 Å². The van der Waals surface area contributed by atoms with Gasteiger partial charge in [-0.25, -0.2) is 4.39 Å². The van der Waals surface area contributed by atoms with Gasteiger partial charge in [0.15, 0.2) is 0 Å². The van der Waals surface area contributed by atoms with E-state index in [1.54, 1.807) is 12.1 Å². The second-order valence-corrected chi connectivity index (χ2v) is 9.43. The number of hydrogen-bond acceptors (Lipinski definition) is 5. The number of ether oxygens (including phenoxy) is 1. The van der Waals surface area contributed by atoms with Crippen LogP contribution in [0, 0.1) is 11.7 Å². The highest BCUT2D eigenvalue weighted by Crippen LogP contribution is 2.24. The van der Waals surface area contributed by atoms with Gasteiger partial charge in [0.2, 0.25) is 5.76 Å². The molecular weight excluding hydrogens is 409 g/mol. The molecule has 32 heavy (non-hydrogen) atoms. The summed E-state index contributed by atoms with van der Waals surface area (Å²) >= 11 is 0. The molecule has 0 N–H and O–H groups in total. The van der Waals surface area contributed by atoms with Gasteiger partial charge in [-0.2, -0.15) is 0 Å². The number of amides is 1. The van der Waals surface area contributed by atoms with E-state index in [-0.39, 0.29) is 23.7 Å². The summed E-state index contributed by atoms with van der Waals surface area (Å²) in [6.07, 6.45) is 4.08. The SMILES string of the molecule is CC(C)c1cc(C(=O)N(CC2CCN(Cc3ccccc3F)CC2)CC2CCCO2)on1. The van der Waals surface area contributed by atoms with Gasteiger partial charge in [0.05, 0.1) is 11.8 Å². The Morgan fingerprint density at radius 1 is 1.22 bits per heavy atom. The lowest BCUT2D eigenvalue weighted by molar-refractivity contribution is 0.0416. The number of halogens is 1. The molecule has 7 heteroatoms. The molecule has 1 aromatic carbocycles. The number of carbonyl (C=O) groups excluding carboxylic acids is 1. The van der Waals surface area contributed by atoms with E-state index in [0.717, 1.165) is 56.6 Å². The van der Waals surface area contributed by atoms with Crippen LogP contribution in [0.25, 0.3) is 0 Å². The van der Waals surface area contributed by atoms with Crippen molar-refractivity contribution in [2.45, 2.75) is 58.1 Å². The number of hydrogen-bond donors (Lipinski definition) is 0. The van der Waals surface area contributed by atoms with Crippen LogP contribution in [-0.2, 0) is 11.3 Å². The molecule has 1 atom stereocenters. The lowest BCUT2D eigenvalue weighted by Crippen LogP contribution is -2.43. The number of rotatable bonds is 8. The van der Waals surface area contributed by atoms with E-state index >= 15 is 0 Å². The van der Waals surface area contributed by atoms with E-state index < -0.39 is 0 Å². The summed E-state index contributed by atoms with van der Waals surface area (Å²) in [4.78, 5) is 17.5. The van der Waals surface area contributed by atoms with Gasteiger partial charge in [-0.3, -0.25) is 9.69 Å². The van der Waals surface area contributed by atoms with Crippen molar-refractivity contribution in [2.75, 3.05) is 32.8 Å². The highest BCUT2D eigenvalue weighted by atomic mass is 19.1. The quantitative estimate of drug-likeness (QED) is 0.602. The number of piperidine rings is 1. The molecule has 1 unspecified atom stereocenters. The molecular formula is C25H34FN3O3. The average Bonchev–Trinajstić information content (AvgIpc) is 3.48. The molecule has 0 aliphatic carbocycles. The molecule has 1 amide bonds. The van der Waals surface area contributed by atoms with Crippen molar-refractivity contribution in [3.8, 4) is 0 Å². The zero-order chi connectivity index (χ0) is 22.5. The van der Waals surface area contributed by atoms with Gasteiger partial charge in [-0.05, 0) is 56.7 Å².